The molecule has 4 nitrogen and oxygen atoms in total. The summed E-state index contributed by atoms with van der Waals surface area (Å²) in [6.07, 6.45) is 6.40. The van der Waals surface area contributed by atoms with Gasteiger partial charge in [0.2, 0.25) is 11.8 Å². The van der Waals surface area contributed by atoms with Gasteiger partial charge in [-0.3, -0.25) is 9.59 Å². The van der Waals surface area contributed by atoms with Crippen LogP contribution in [0.5, 0.6) is 0 Å². The number of hydrogen-bond acceptors (Lipinski definition) is 2. The lowest BCUT2D eigenvalue weighted by Gasteiger charge is -2.42. The molecule has 3 fully saturated rings. The van der Waals surface area contributed by atoms with Crippen LogP contribution in [0.3, 0.4) is 0 Å². The molecule has 1 atom stereocenters. The van der Waals surface area contributed by atoms with Crippen molar-refractivity contribution >= 4 is 11.8 Å². The summed E-state index contributed by atoms with van der Waals surface area (Å²) in [7, 11) is 1.92. The Hall–Kier alpha value is -2.69. The van der Waals surface area contributed by atoms with Crippen molar-refractivity contribution < 1.29 is 14.0 Å². The summed E-state index contributed by atoms with van der Waals surface area (Å²) in [6, 6.07) is 17.3. The van der Waals surface area contributed by atoms with E-state index in [1.165, 1.54) is 11.6 Å². The van der Waals surface area contributed by atoms with E-state index in [1.807, 2.05) is 41.1 Å². The molecule has 0 radical (unpaired) electrons. The van der Waals surface area contributed by atoms with Crippen LogP contribution in [-0.2, 0) is 21.4 Å². The second-order valence-corrected chi connectivity index (χ2v) is 10.3. The fourth-order valence-electron chi connectivity index (χ4n) is 6.60. The number of rotatable bonds is 4. The van der Waals surface area contributed by atoms with Crippen molar-refractivity contribution in [1.82, 2.24) is 9.80 Å². The lowest BCUT2D eigenvalue weighted by Crippen LogP contribution is -2.52. The molecule has 2 saturated heterocycles. The third-order valence-corrected chi connectivity index (χ3v) is 8.53. The zero-order valence-corrected chi connectivity index (χ0v) is 19.4. The molecule has 2 aromatic rings. The second-order valence-electron chi connectivity index (χ2n) is 10.3. The van der Waals surface area contributed by atoms with Gasteiger partial charge in [-0.15, -0.1) is 0 Å². The molecule has 2 heterocycles. The third kappa shape index (κ3) is 3.75. The van der Waals surface area contributed by atoms with E-state index in [9.17, 15) is 14.0 Å². The SMILES string of the molecule is CN1C(=O)C2(CCN(C(=O)C3(c4ccccc4F)CCCC3)CC2)C[C@H]1Cc1ccccc1. The minimum absolute atomic E-state index is 0.0552. The Labute approximate surface area is 195 Å². The molecule has 0 bridgehead atoms. The van der Waals surface area contributed by atoms with Crippen molar-refractivity contribution in [1.29, 1.82) is 0 Å². The van der Waals surface area contributed by atoms with E-state index in [4.69, 9.17) is 0 Å². The summed E-state index contributed by atoms with van der Waals surface area (Å²) in [4.78, 5) is 31.0. The summed E-state index contributed by atoms with van der Waals surface area (Å²) in [6.45, 7) is 1.15. The van der Waals surface area contributed by atoms with Crippen molar-refractivity contribution in [2.24, 2.45) is 5.41 Å². The van der Waals surface area contributed by atoms with E-state index in [0.29, 0.717) is 44.3 Å². The summed E-state index contributed by atoms with van der Waals surface area (Å²) in [5.41, 5.74) is 0.681. The van der Waals surface area contributed by atoms with Gasteiger partial charge in [0.1, 0.15) is 5.82 Å². The standard InChI is InChI=1S/C28H33FN2O2/c1-30-22(19-21-9-3-2-4-10-21)20-27(25(30)32)15-17-31(18-16-27)26(33)28(13-7-8-14-28)23-11-5-6-12-24(23)29/h2-6,9-12,22H,7-8,13-20H2,1H3/t22-/m1/s1. The monoisotopic (exact) mass is 448 g/mol. The second kappa shape index (κ2) is 8.58. The molecule has 2 amide bonds. The van der Waals surface area contributed by atoms with Crippen LogP contribution in [0.4, 0.5) is 4.39 Å². The number of likely N-dealkylation sites (N-methyl/N-ethyl adjacent to an activating group) is 1. The zero-order chi connectivity index (χ0) is 23.1. The Balaban J connectivity index is 1.31. The molecule has 1 aliphatic carbocycles. The van der Waals surface area contributed by atoms with Crippen LogP contribution in [0.2, 0.25) is 0 Å². The fourth-order valence-corrected chi connectivity index (χ4v) is 6.60. The molecule has 5 rings (SSSR count). The van der Waals surface area contributed by atoms with Crippen molar-refractivity contribution in [2.45, 2.75) is 62.8 Å². The zero-order valence-electron chi connectivity index (χ0n) is 19.4. The first-order valence-electron chi connectivity index (χ1n) is 12.3. The Bertz CT molecular complexity index is 1020. The van der Waals surface area contributed by atoms with Crippen LogP contribution < -0.4 is 0 Å². The maximum Gasteiger partial charge on any atom is 0.233 e. The molecule has 33 heavy (non-hydrogen) atoms. The molecule has 0 aromatic heterocycles. The van der Waals surface area contributed by atoms with E-state index in [0.717, 1.165) is 25.7 Å². The summed E-state index contributed by atoms with van der Waals surface area (Å²) >= 11 is 0. The molecular weight excluding hydrogens is 415 g/mol. The smallest absolute Gasteiger partial charge is 0.233 e. The Morgan fingerprint density at radius 2 is 1.61 bits per heavy atom. The van der Waals surface area contributed by atoms with E-state index < -0.39 is 5.41 Å². The molecular formula is C28H33FN2O2. The first-order valence-corrected chi connectivity index (χ1v) is 12.3. The number of carbonyl (C=O) groups excluding carboxylic acids is 2. The highest BCUT2D eigenvalue weighted by atomic mass is 19.1. The van der Waals surface area contributed by atoms with E-state index >= 15 is 0 Å². The average molecular weight is 449 g/mol. The van der Waals surface area contributed by atoms with Gasteiger partial charge in [-0.1, -0.05) is 61.4 Å². The molecule has 0 N–H and O–H groups in total. The lowest BCUT2D eigenvalue weighted by atomic mass is 9.73. The minimum Gasteiger partial charge on any atom is -0.342 e. The number of amides is 2. The predicted molar refractivity (Wildman–Crippen MR) is 126 cm³/mol. The summed E-state index contributed by atoms with van der Waals surface area (Å²) in [5.74, 6) is -0.00243. The molecule has 0 unspecified atom stereocenters. The fraction of sp³-hybridized carbons (Fsp3) is 0.500. The predicted octanol–water partition coefficient (Wildman–Crippen LogP) is 4.72. The maximum absolute atomic E-state index is 14.7. The maximum atomic E-state index is 14.7. The van der Waals surface area contributed by atoms with Crippen LogP contribution in [0.1, 0.15) is 56.1 Å². The largest absolute Gasteiger partial charge is 0.342 e. The van der Waals surface area contributed by atoms with Crippen LogP contribution in [0.15, 0.2) is 54.6 Å². The quantitative estimate of drug-likeness (QED) is 0.679. The van der Waals surface area contributed by atoms with Crippen molar-refractivity contribution in [3.63, 3.8) is 0 Å². The minimum atomic E-state index is -0.748. The summed E-state index contributed by atoms with van der Waals surface area (Å²) < 4.78 is 14.7. The summed E-state index contributed by atoms with van der Waals surface area (Å²) in [5, 5.41) is 0. The van der Waals surface area contributed by atoms with Crippen LogP contribution in [-0.4, -0.2) is 47.8 Å². The molecule has 1 saturated carbocycles. The average Bonchev–Trinajstić information content (AvgIpc) is 3.42. The van der Waals surface area contributed by atoms with Crippen LogP contribution in [0, 0.1) is 11.2 Å². The van der Waals surface area contributed by atoms with E-state index in [-0.39, 0.29) is 29.1 Å². The van der Waals surface area contributed by atoms with Gasteiger partial charge >= 0.3 is 0 Å². The molecule has 5 heteroatoms. The van der Waals surface area contributed by atoms with Gasteiger partial charge in [0, 0.05) is 31.7 Å². The van der Waals surface area contributed by atoms with Gasteiger partial charge < -0.3 is 9.80 Å². The van der Waals surface area contributed by atoms with E-state index in [1.54, 1.807) is 12.1 Å². The third-order valence-electron chi connectivity index (χ3n) is 8.53. The van der Waals surface area contributed by atoms with Crippen molar-refractivity contribution in [3.8, 4) is 0 Å². The Morgan fingerprint density at radius 1 is 0.970 bits per heavy atom. The highest BCUT2D eigenvalue weighted by molar-refractivity contribution is 5.90. The van der Waals surface area contributed by atoms with Gasteiger partial charge in [0.15, 0.2) is 0 Å². The number of benzene rings is 2. The molecule has 3 aliphatic rings. The van der Waals surface area contributed by atoms with Crippen LogP contribution in [0.25, 0.3) is 0 Å². The molecule has 2 aliphatic heterocycles. The first kappa shape index (κ1) is 22.1. The number of likely N-dealkylation sites (tertiary alicyclic amines) is 2. The van der Waals surface area contributed by atoms with Gasteiger partial charge in [0.25, 0.3) is 0 Å². The molecule has 174 valence electrons. The number of hydrogen-bond donors (Lipinski definition) is 0. The number of nitrogens with zero attached hydrogens (tertiary/aromatic N) is 2. The highest BCUT2D eigenvalue weighted by Gasteiger charge is 2.53. The topological polar surface area (TPSA) is 40.6 Å². The van der Waals surface area contributed by atoms with Gasteiger partial charge in [-0.25, -0.2) is 4.39 Å². The normalized spacial score (nSPS) is 23.9. The molecule has 2 aromatic carbocycles. The van der Waals surface area contributed by atoms with Crippen LogP contribution >= 0.6 is 0 Å². The van der Waals surface area contributed by atoms with Crippen molar-refractivity contribution in [3.05, 3.63) is 71.5 Å². The Morgan fingerprint density at radius 3 is 2.27 bits per heavy atom. The van der Waals surface area contributed by atoms with Crippen molar-refractivity contribution in [2.75, 3.05) is 20.1 Å². The number of halogens is 1. The first-order chi connectivity index (χ1) is 16.0. The van der Waals surface area contributed by atoms with Gasteiger partial charge in [-0.2, -0.15) is 0 Å². The lowest BCUT2D eigenvalue weighted by molar-refractivity contribution is -0.145. The highest BCUT2D eigenvalue weighted by Crippen LogP contribution is 2.48. The Kier molecular flexibility index (Phi) is 5.75. The van der Waals surface area contributed by atoms with Gasteiger partial charge in [-0.05, 0) is 50.2 Å². The van der Waals surface area contributed by atoms with Gasteiger partial charge in [0.05, 0.1) is 10.8 Å². The number of carbonyl (C=O) groups is 2. The number of piperidine rings is 1. The van der Waals surface area contributed by atoms with E-state index in [2.05, 4.69) is 12.1 Å². The molecule has 1 spiro atoms.